The molecule has 1 amide bonds. The number of allylic oxidation sites excluding steroid dienone is 1. The van der Waals surface area contributed by atoms with Gasteiger partial charge in [-0.3, -0.25) is 4.79 Å². The van der Waals surface area contributed by atoms with E-state index in [1.165, 1.54) is 19.3 Å². The minimum absolute atomic E-state index is 0.0438. The summed E-state index contributed by atoms with van der Waals surface area (Å²) in [5.41, 5.74) is 1.79. The third-order valence-corrected chi connectivity index (χ3v) is 3.78. The van der Waals surface area contributed by atoms with Gasteiger partial charge in [-0.15, -0.1) is 0 Å². The fourth-order valence-corrected chi connectivity index (χ4v) is 2.46. The molecule has 2 aromatic rings. The van der Waals surface area contributed by atoms with E-state index < -0.39 is 0 Å². The van der Waals surface area contributed by atoms with Gasteiger partial charge in [-0.25, -0.2) is 0 Å². The summed E-state index contributed by atoms with van der Waals surface area (Å²) in [6.07, 6.45) is 9.00. The molecule has 0 bridgehead atoms. The predicted octanol–water partition coefficient (Wildman–Crippen LogP) is 5.29. The largest absolute Gasteiger partial charge is 0.342 e. The van der Waals surface area contributed by atoms with Gasteiger partial charge in [0.15, 0.2) is 0 Å². The third kappa shape index (κ3) is 5.74. The number of hydrogen-bond donors (Lipinski definition) is 1. The van der Waals surface area contributed by atoms with Crippen LogP contribution in [0.2, 0.25) is 0 Å². The highest BCUT2D eigenvalue weighted by molar-refractivity contribution is 5.94. The molecule has 120 valence electrons. The zero-order chi connectivity index (χ0) is 16.3. The molecule has 0 radical (unpaired) electrons. The first kappa shape index (κ1) is 17.0. The van der Waals surface area contributed by atoms with Crippen LogP contribution >= 0.6 is 0 Å². The van der Waals surface area contributed by atoms with Gasteiger partial charge in [0, 0.05) is 5.56 Å². The fraction of sp³-hybridized carbons (Fsp3) is 0.286. The molecule has 0 saturated heterocycles. The second kappa shape index (κ2) is 9.62. The van der Waals surface area contributed by atoms with E-state index in [2.05, 4.69) is 24.4 Å². The highest BCUT2D eigenvalue weighted by Crippen LogP contribution is 2.16. The maximum absolute atomic E-state index is 12.4. The first-order valence-electron chi connectivity index (χ1n) is 8.38. The summed E-state index contributed by atoms with van der Waals surface area (Å²) in [4.78, 5) is 12.4. The van der Waals surface area contributed by atoms with Crippen LogP contribution in [0.3, 0.4) is 0 Å². The van der Waals surface area contributed by atoms with Gasteiger partial charge in [0.25, 0.3) is 5.91 Å². The molecule has 2 heteroatoms. The highest BCUT2D eigenvalue weighted by atomic mass is 16.1. The number of unbranched alkanes of at least 4 members (excludes halogenated alkanes) is 3. The lowest BCUT2D eigenvalue weighted by Crippen LogP contribution is -2.27. The average Bonchev–Trinajstić information content (AvgIpc) is 2.62. The Morgan fingerprint density at radius 2 is 1.65 bits per heavy atom. The minimum Gasteiger partial charge on any atom is -0.342 e. The smallest absolute Gasteiger partial charge is 0.252 e. The van der Waals surface area contributed by atoms with Crippen molar-refractivity contribution in [1.82, 2.24) is 5.32 Å². The maximum atomic E-state index is 12.4. The minimum atomic E-state index is -0.0921. The van der Waals surface area contributed by atoms with Crippen molar-refractivity contribution in [2.24, 2.45) is 0 Å². The lowest BCUT2D eigenvalue weighted by Gasteiger charge is -2.16. The predicted molar refractivity (Wildman–Crippen MR) is 96.4 cm³/mol. The molecule has 23 heavy (non-hydrogen) atoms. The Morgan fingerprint density at radius 3 is 2.30 bits per heavy atom. The Morgan fingerprint density at radius 1 is 1.00 bits per heavy atom. The first-order valence-corrected chi connectivity index (χ1v) is 8.38. The van der Waals surface area contributed by atoms with E-state index in [0.717, 1.165) is 12.0 Å². The van der Waals surface area contributed by atoms with Crippen LogP contribution in [0.1, 0.15) is 54.6 Å². The normalized spacial score (nSPS) is 12.2. The molecule has 0 aliphatic carbocycles. The molecule has 1 atom stereocenters. The zero-order valence-electron chi connectivity index (χ0n) is 13.7. The molecular formula is C21H25NO. The van der Waals surface area contributed by atoms with Crippen molar-refractivity contribution in [2.45, 2.75) is 38.6 Å². The molecule has 2 aromatic carbocycles. The molecule has 1 N–H and O–H groups in total. The highest BCUT2D eigenvalue weighted by Gasteiger charge is 2.12. The standard InChI is InChI=1S/C21H25NO/c1-2-3-4-5-12-17-20(18-13-8-6-9-14-18)22-21(23)19-15-10-7-11-16-19/h6-17,20H,2-5H2,1H3,(H,22,23)/b17-12+/t20-/m1/s1. The van der Waals surface area contributed by atoms with Gasteiger partial charge in [0.2, 0.25) is 0 Å². The summed E-state index contributed by atoms with van der Waals surface area (Å²) in [5, 5.41) is 3.11. The molecule has 0 saturated carbocycles. The van der Waals surface area contributed by atoms with Gasteiger partial charge in [0.05, 0.1) is 6.04 Å². The monoisotopic (exact) mass is 307 g/mol. The molecule has 0 unspecified atom stereocenters. The van der Waals surface area contributed by atoms with Crippen molar-refractivity contribution in [1.29, 1.82) is 0 Å². The molecule has 0 spiro atoms. The van der Waals surface area contributed by atoms with Gasteiger partial charge in [-0.1, -0.05) is 80.4 Å². The molecule has 2 nitrogen and oxygen atoms in total. The average molecular weight is 307 g/mol. The SMILES string of the molecule is CCCCC/C=C/[C@@H](NC(=O)c1ccccc1)c1ccccc1. The molecule has 0 aliphatic rings. The van der Waals surface area contributed by atoms with Gasteiger partial charge in [0.1, 0.15) is 0 Å². The van der Waals surface area contributed by atoms with Crippen LogP contribution in [0.5, 0.6) is 0 Å². The Hall–Kier alpha value is -2.35. The van der Waals surface area contributed by atoms with Crippen LogP contribution in [-0.2, 0) is 0 Å². The maximum Gasteiger partial charge on any atom is 0.252 e. The number of carbonyl (C=O) groups is 1. The van der Waals surface area contributed by atoms with Crippen LogP contribution in [0.25, 0.3) is 0 Å². The van der Waals surface area contributed by atoms with Crippen LogP contribution < -0.4 is 5.32 Å². The van der Waals surface area contributed by atoms with E-state index in [1.807, 2.05) is 60.7 Å². The van der Waals surface area contributed by atoms with E-state index in [-0.39, 0.29) is 11.9 Å². The lowest BCUT2D eigenvalue weighted by molar-refractivity contribution is 0.0944. The zero-order valence-corrected chi connectivity index (χ0v) is 13.7. The van der Waals surface area contributed by atoms with Crippen molar-refractivity contribution in [3.05, 3.63) is 83.9 Å². The fourth-order valence-electron chi connectivity index (χ4n) is 2.46. The van der Waals surface area contributed by atoms with Crippen molar-refractivity contribution >= 4 is 5.91 Å². The summed E-state index contributed by atoms with van der Waals surface area (Å²) in [6, 6.07) is 19.3. The lowest BCUT2D eigenvalue weighted by atomic mass is 10.0. The van der Waals surface area contributed by atoms with Crippen molar-refractivity contribution in [2.75, 3.05) is 0 Å². The number of benzene rings is 2. The Bertz CT molecular complexity index is 604. The second-order valence-electron chi connectivity index (χ2n) is 5.65. The number of carbonyl (C=O) groups excluding carboxylic acids is 1. The molecule has 0 aliphatic heterocycles. The number of hydrogen-bond acceptors (Lipinski definition) is 1. The molecule has 0 heterocycles. The van der Waals surface area contributed by atoms with Gasteiger partial charge in [-0.2, -0.15) is 0 Å². The van der Waals surface area contributed by atoms with E-state index >= 15 is 0 Å². The van der Waals surface area contributed by atoms with Crippen LogP contribution in [0.4, 0.5) is 0 Å². The summed E-state index contributed by atoms with van der Waals surface area (Å²) in [5.74, 6) is -0.0438. The van der Waals surface area contributed by atoms with Gasteiger partial charge < -0.3 is 5.32 Å². The molecule has 0 fully saturated rings. The van der Waals surface area contributed by atoms with Crippen molar-refractivity contribution in [3.63, 3.8) is 0 Å². The van der Waals surface area contributed by atoms with Crippen LogP contribution in [0.15, 0.2) is 72.8 Å². The Kier molecular flexibility index (Phi) is 7.12. The van der Waals surface area contributed by atoms with Crippen molar-refractivity contribution < 1.29 is 4.79 Å². The van der Waals surface area contributed by atoms with Crippen LogP contribution in [0, 0.1) is 0 Å². The van der Waals surface area contributed by atoms with Gasteiger partial charge in [-0.05, 0) is 30.5 Å². The van der Waals surface area contributed by atoms with E-state index in [4.69, 9.17) is 0 Å². The Balaban J connectivity index is 2.06. The van der Waals surface area contributed by atoms with E-state index in [0.29, 0.717) is 5.56 Å². The summed E-state index contributed by atoms with van der Waals surface area (Å²) in [6.45, 7) is 2.20. The molecular weight excluding hydrogens is 282 g/mol. The van der Waals surface area contributed by atoms with Crippen LogP contribution in [-0.4, -0.2) is 5.91 Å². The van der Waals surface area contributed by atoms with Gasteiger partial charge >= 0.3 is 0 Å². The third-order valence-electron chi connectivity index (χ3n) is 3.78. The second-order valence-corrected chi connectivity index (χ2v) is 5.65. The topological polar surface area (TPSA) is 29.1 Å². The number of nitrogens with one attached hydrogen (secondary N) is 1. The van der Waals surface area contributed by atoms with E-state index in [1.54, 1.807) is 0 Å². The number of rotatable bonds is 8. The summed E-state index contributed by atoms with van der Waals surface area (Å²) < 4.78 is 0. The Labute approximate surface area is 139 Å². The molecule has 0 aromatic heterocycles. The van der Waals surface area contributed by atoms with Crippen molar-refractivity contribution in [3.8, 4) is 0 Å². The first-order chi connectivity index (χ1) is 11.3. The van der Waals surface area contributed by atoms with E-state index in [9.17, 15) is 4.79 Å². The molecule has 2 rings (SSSR count). The summed E-state index contributed by atoms with van der Waals surface area (Å²) >= 11 is 0. The summed E-state index contributed by atoms with van der Waals surface area (Å²) in [7, 11) is 0. The quantitative estimate of drug-likeness (QED) is 0.521. The number of amides is 1.